The molecule has 1 aliphatic heterocycles. The highest BCUT2D eigenvalue weighted by molar-refractivity contribution is 5.56. The van der Waals surface area contributed by atoms with Gasteiger partial charge in [-0.3, -0.25) is 0 Å². The fourth-order valence-corrected chi connectivity index (χ4v) is 3.02. The quantitative estimate of drug-likeness (QED) is 0.838. The fourth-order valence-electron chi connectivity index (χ4n) is 3.02. The van der Waals surface area contributed by atoms with Crippen LogP contribution in [0.3, 0.4) is 0 Å². The van der Waals surface area contributed by atoms with Crippen LogP contribution in [0, 0.1) is 0 Å². The van der Waals surface area contributed by atoms with Gasteiger partial charge in [0.05, 0.1) is 6.61 Å². The molecule has 0 aliphatic carbocycles. The maximum Gasteiger partial charge on any atom is 0.0613 e. The van der Waals surface area contributed by atoms with Crippen LogP contribution in [0.25, 0.3) is 0 Å². The lowest BCUT2D eigenvalue weighted by Crippen LogP contribution is -2.47. The summed E-state index contributed by atoms with van der Waals surface area (Å²) in [6, 6.07) is 6.77. The van der Waals surface area contributed by atoms with E-state index in [2.05, 4.69) is 49.3 Å². The number of hydrogen-bond donors (Lipinski definition) is 2. The summed E-state index contributed by atoms with van der Waals surface area (Å²) in [6.45, 7) is 6.46. The Kier molecular flexibility index (Phi) is 5.06. The van der Waals surface area contributed by atoms with Gasteiger partial charge in [0.15, 0.2) is 0 Å². The molecular formula is C17H28N2O. The lowest BCUT2D eigenvalue weighted by atomic mass is 9.93. The summed E-state index contributed by atoms with van der Waals surface area (Å²) in [4.78, 5) is 2.34. The van der Waals surface area contributed by atoms with Gasteiger partial charge in [-0.25, -0.2) is 0 Å². The maximum atomic E-state index is 9.61. The standard InChI is InChI=1S/C17H28N2O/c1-4-17(5-2,13-20)18-12-14-8-9-16-15(11-14)7-6-10-19(16)3/h8-9,11,18,20H,4-7,10,12-13H2,1-3H3. The number of aryl methyl sites for hydroxylation is 1. The van der Waals surface area contributed by atoms with Crippen LogP contribution in [0.2, 0.25) is 0 Å². The van der Waals surface area contributed by atoms with Gasteiger partial charge in [-0.1, -0.05) is 26.0 Å². The van der Waals surface area contributed by atoms with Crippen molar-refractivity contribution in [2.24, 2.45) is 0 Å². The molecule has 0 saturated heterocycles. The number of nitrogens with zero attached hydrogens (tertiary/aromatic N) is 1. The zero-order valence-corrected chi connectivity index (χ0v) is 13.1. The third kappa shape index (κ3) is 3.15. The summed E-state index contributed by atoms with van der Waals surface area (Å²) in [6.07, 6.45) is 4.33. The van der Waals surface area contributed by atoms with E-state index >= 15 is 0 Å². The van der Waals surface area contributed by atoms with Crippen molar-refractivity contribution < 1.29 is 5.11 Å². The topological polar surface area (TPSA) is 35.5 Å². The van der Waals surface area contributed by atoms with Crippen LogP contribution >= 0.6 is 0 Å². The van der Waals surface area contributed by atoms with E-state index in [4.69, 9.17) is 0 Å². The van der Waals surface area contributed by atoms with Gasteiger partial charge in [-0.2, -0.15) is 0 Å². The van der Waals surface area contributed by atoms with Gasteiger partial charge in [0.2, 0.25) is 0 Å². The Morgan fingerprint density at radius 1 is 1.30 bits per heavy atom. The Labute approximate surface area is 123 Å². The minimum atomic E-state index is -0.132. The lowest BCUT2D eigenvalue weighted by molar-refractivity contribution is 0.149. The van der Waals surface area contributed by atoms with E-state index < -0.39 is 0 Å². The molecule has 20 heavy (non-hydrogen) atoms. The Hall–Kier alpha value is -1.06. The van der Waals surface area contributed by atoms with Crippen molar-refractivity contribution in [2.45, 2.75) is 51.6 Å². The predicted octanol–water partition coefficient (Wildman–Crippen LogP) is 2.71. The molecule has 0 bridgehead atoms. The monoisotopic (exact) mass is 276 g/mol. The summed E-state index contributed by atoms with van der Waals surface area (Å²) in [5.74, 6) is 0. The molecule has 1 aliphatic rings. The highest BCUT2D eigenvalue weighted by Crippen LogP contribution is 2.27. The molecule has 0 atom stereocenters. The molecule has 1 aromatic carbocycles. The average molecular weight is 276 g/mol. The number of hydrogen-bond acceptors (Lipinski definition) is 3. The molecule has 0 aromatic heterocycles. The average Bonchev–Trinajstić information content (AvgIpc) is 2.49. The minimum Gasteiger partial charge on any atom is -0.394 e. The highest BCUT2D eigenvalue weighted by Gasteiger charge is 2.24. The van der Waals surface area contributed by atoms with E-state index in [1.54, 1.807) is 0 Å². The van der Waals surface area contributed by atoms with Crippen LogP contribution in [0.4, 0.5) is 5.69 Å². The molecule has 0 unspecified atom stereocenters. The molecule has 3 nitrogen and oxygen atoms in total. The van der Waals surface area contributed by atoms with E-state index in [0.717, 1.165) is 25.9 Å². The van der Waals surface area contributed by atoms with E-state index in [1.807, 2.05) is 0 Å². The normalized spacial score (nSPS) is 15.3. The van der Waals surface area contributed by atoms with Gasteiger partial charge in [0, 0.05) is 31.4 Å². The van der Waals surface area contributed by atoms with Crippen LogP contribution < -0.4 is 10.2 Å². The molecule has 0 spiro atoms. The molecule has 2 rings (SSSR count). The third-order valence-corrected chi connectivity index (χ3v) is 4.82. The predicted molar refractivity (Wildman–Crippen MR) is 85.3 cm³/mol. The van der Waals surface area contributed by atoms with Crippen LogP contribution in [0.1, 0.15) is 44.2 Å². The van der Waals surface area contributed by atoms with E-state index in [-0.39, 0.29) is 12.1 Å². The first-order valence-corrected chi connectivity index (χ1v) is 7.83. The lowest BCUT2D eigenvalue weighted by Gasteiger charge is -2.32. The Morgan fingerprint density at radius 3 is 2.70 bits per heavy atom. The number of fused-ring (bicyclic) bond motifs is 1. The fraction of sp³-hybridized carbons (Fsp3) is 0.647. The molecule has 0 amide bonds. The second-order valence-electron chi connectivity index (χ2n) is 5.99. The van der Waals surface area contributed by atoms with Crippen molar-refractivity contribution in [3.63, 3.8) is 0 Å². The summed E-state index contributed by atoms with van der Waals surface area (Å²) in [5.41, 5.74) is 4.02. The summed E-state index contributed by atoms with van der Waals surface area (Å²) >= 11 is 0. The van der Waals surface area contributed by atoms with Gasteiger partial charge >= 0.3 is 0 Å². The highest BCUT2D eigenvalue weighted by atomic mass is 16.3. The number of rotatable bonds is 6. The molecule has 3 heteroatoms. The zero-order chi connectivity index (χ0) is 14.6. The number of aliphatic hydroxyl groups excluding tert-OH is 1. The van der Waals surface area contributed by atoms with Crippen molar-refractivity contribution in [3.05, 3.63) is 29.3 Å². The number of aliphatic hydroxyl groups is 1. The number of nitrogens with one attached hydrogen (secondary N) is 1. The SMILES string of the molecule is CCC(CC)(CO)NCc1ccc2c(c1)CCCN2C. The molecule has 1 aromatic rings. The first kappa shape index (κ1) is 15.3. The van der Waals surface area contributed by atoms with Gasteiger partial charge in [0.1, 0.15) is 0 Å². The van der Waals surface area contributed by atoms with E-state index in [0.29, 0.717) is 0 Å². The molecule has 0 radical (unpaired) electrons. The van der Waals surface area contributed by atoms with Crippen molar-refractivity contribution in [2.75, 3.05) is 25.1 Å². The van der Waals surface area contributed by atoms with Crippen LogP contribution in [-0.4, -0.2) is 30.8 Å². The molecule has 0 fully saturated rings. The largest absolute Gasteiger partial charge is 0.394 e. The third-order valence-electron chi connectivity index (χ3n) is 4.82. The van der Waals surface area contributed by atoms with Crippen molar-refractivity contribution >= 4 is 5.69 Å². The van der Waals surface area contributed by atoms with Crippen LogP contribution in [0.5, 0.6) is 0 Å². The van der Waals surface area contributed by atoms with Gasteiger partial charge in [-0.15, -0.1) is 0 Å². The van der Waals surface area contributed by atoms with Crippen molar-refractivity contribution in [1.82, 2.24) is 5.32 Å². The second-order valence-corrected chi connectivity index (χ2v) is 5.99. The molecular weight excluding hydrogens is 248 g/mol. The summed E-state index contributed by atoms with van der Waals surface area (Å²) < 4.78 is 0. The van der Waals surface area contributed by atoms with Gasteiger partial charge in [0.25, 0.3) is 0 Å². The molecule has 1 heterocycles. The molecule has 2 N–H and O–H groups in total. The Morgan fingerprint density at radius 2 is 2.05 bits per heavy atom. The summed E-state index contributed by atoms with van der Waals surface area (Å²) in [5, 5.41) is 13.2. The zero-order valence-electron chi connectivity index (χ0n) is 13.1. The minimum absolute atomic E-state index is 0.132. The number of anilines is 1. The first-order chi connectivity index (χ1) is 9.64. The molecule has 0 saturated carbocycles. The Bertz CT molecular complexity index is 432. The van der Waals surface area contributed by atoms with Crippen LogP contribution in [0.15, 0.2) is 18.2 Å². The smallest absolute Gasteiger partial charge is 0.0613 e. The van der Waals surface area contributed by atoms with Crippen LogP contribution in [-0.2, 0) is 13.0 Å². The molecule has 112 valence electrons. The van der Waals surface area contributed by atoms with E-state index in [1.165, 1.54) is 29.7 Å². The second kappa shape index (κ2) is 6.59. The number of benzene rings is 1. The van der Waals surface area contributed by atoms with Crippen molar-refractivity contribution in [3.8, 4) is 0 Å². The van der Waals surface area contributed by atoms with E-state index in [9.17, 15) is 5.11 Å². The maximum absolute atomic E-state index is 9.61. The Balaban J connectivity index is 2.07. The summed E-state index contributed by atoms with van der Waals surface area (Å²) in [7, 11) is 2.17. The van der Waals surface area contributed by atoms with Gasteiger partial charge in [-0.05, 0) is 42.9 Å². The van der Waals surface area contributed by atoms with Gasteiger partial charge < -0.3 is 15.3 Å². The first-order valence-electron chi connectivity index (χ1n) is 7.83. The van der Waals surface area contributed by atoms with Crippen molar-refractivity contribution in [1.29, 1.82) is 0 Å².